The highest BCUT2D eigenvalue weighted by Crippen LogP contribution is 2.24. The average Bonchev–Trinajstić information content (AvgIpc) is 2.58. The molecule has 1 saturated carbocycles. The molecule has 0 aliphatic heterocycles. The summed E-state index contributed by atoms with van der Waals surface area (Å²) in [5.74, 6) is 0.611. The molecule has 0 saturated heterocycles. The van der Waals surface area contributed by atoms with Crippen molar-refractivity contribution in [1.82, 2.24) is 5.32 Å². The Morgan fingerprint density at radius 1 is 1.33 bits per heavy atom. The third-order valence-corrected chi connectivity index (χ3v) is 3.83. The molecular formula is C9H21N3O2S. The second-order valence-electron chi connectivity index (χ2n) is 4.21. The minimum Gasteiger partial charge on any atom is -0.330 e. The lowest BCUT2D eigenvalue weighted by atomic mass is 10.0. The van der Waals surface area contributed by atoms with Gasteiger partial charge < -0.3 is 11.1 Å². The summed E-state index contributed by atoms with van der Waals surface area (Å²) in [5, 5.41) is 8.26. The van der Waals surface area contributed by atoms with Crippen LogP contribution in [0.3, 0.4) is 0 Å². The van der Waals surface area contributed by atoms with Gasteiger partial charge in [0.2, 0.25) is 10.0 Å². The highest BCUT2D eigenvalue weighted by molar-refractivity contribution is 7.89. The van der Waals surface area contributed by atoms with Crippen LogP contribution in [0.4, 0.5) is 0 Å². The Kier molecular flexibility index (Phi) is 4.98. The minimum absolute atomic E-state index is 0.0556. The van der Waals surface area contributed by atoms with Gasteiger partial charge in [-0.25, -0.2) is 13.6 Å². The first-order valence-electron chi connectivity index (χ1n) is 5.47. The Morgan fingerprint density at radius 3 is 2.67 bits per heavy atom. The van der Waals surface area contributed by atoms with Crippen molar-refractivity contribution in [2.24, 2.45) is 16.8 Å². The predicted octanol–water partition coefficient (Wildman–Crippen LogP) is -0.618. The third-order valence-electron chi connectivity index (χ3n) is 2.97. The quantitative estimate of drug-likeness (QED) is 0.534. The Hall–Kier alpha value is -0.170. The van der Waals surface area contributed by atoms with E-state index in [0.717, 1.165) is 6.42 Å². The monoisotopic (exact) mass is 235 g/mol. The smallest absolute Gasteiger partial charge is 0.209 e. The maximum atomic E-state index is 10.7. The fourth-order valence-corrected chi connectivity index (χ4v) is 2.70. The Labute approximate surface area is 91.6 Å². The molecule has 2 atom stereocenters. The van der Waals surface area contributed by atoms with E-state index in [0.29, 0.717) is 31.5 Å². The SMILES string of the molecule is NCC1CCCC1NCCCS(N)(=O)=O. The number of hydrogen-bond acceptors (Lipinski definition) is 4. The zero-order chi connectivity index (χ0) is 11.3. The van der Waals surface area contributed by atoms with Crippen molar-refractivity contribution >= 4 is 10.0 Å². The van der Waals surface area contributed by atoms with Crippen molar-refractivity contribution in [1.29, 1.82) is 0 Å². The zero-order valence-corrected chi connectivity index (χ0v) is 9.80. The normalized spacial score (nSPS) is 27.1. The highest BCUT2D eigenvalue weighted by Gasteiger charge is 2.24. The van der Waals surface area contributed by atoms with E-state index in [9.17, 15) is 8.42 Å². The summed E-state index contributed by atoms with van der Waals surface area (Å²) < 4.78 is 21.4. The van der Waals surface area contributed by atoms with Gasteiger partial charge in [0, 0.05) is 6.04 Å². The van der Waals surface area contributed by atoms with Gasteiger partial charge >= 0.3 is 0 Å². The molecular weight excluding hydrogens is 214 g/mol. The molecule has 0 spiro atoms. The van der Waals surface area contributed by atoms with Crippen LogP contribution in [-0.4, -0.2) is 33.3 Å². The molecule has 0 aromatic rings. The number of nitrogens with one attached hydrogen (secondary N) is 1. The van der Waals surface area contributed by atoms with Crippen LogP contribution >= 0.6 is 0 Å². The third kappa shape index (κ3) is 4.92. The Balaban J connectivity index is 2.15. The molecule has 1 fully saturated rings. The minimum atomic E-state index is -3.30. The van der Waals surface area contributed by atoms with Gasteiger partial charge in [0.25, 0.3) is 0 Å². The van der Waals surface area contributed by atoms with E-state index >= 15 is 0 Å². The Bertz CT molecular complexity index is 279. The molecule has 0 heterocycles. The number of nitrogens with two attached hydrogens (primary N) is 2. The van der Waals surface area contributed by atoms with Gasteiger partial charge in [-0.1, -0.05) is 6.42 Å². The first kappa shape index (κ1) is 12.9. The fraction of sp³-hybridized carbons (Fsp3) is 1.00. The lowest BCUT2D eigenvalue weighted by Gasteiger charge is -2.19. The van der Waals surface area contributed by atoms with Crippen molar-refractivity contribution in [2.45, 2.75) is 31.7 Å². The molecule has 1 rings (SSSR count). The van der Waals surface area contributed by atoms with Gasteiger partial charge in [-0.2, -0.15) is 0 Å². The summed E-state index contributed by atoms with van der Waals surface area (Å²) in [7, 11) is -3.30. The molecule has 1 aliphatic rings. The summed E-state index contributed by atoms with van der Waals surface area (Å²) in [6, 6.07) is 0.468. The van der Waals surface area contributed by atoms with Crippen molar-refractivity contribution in [3.05, 3.63) is 0 Å². The zero-order valence-electron chi connectivity index (χ0n) is 8.98. The van der Waals surface area contributed by atoms with Gasteiger partial charge in [-0.3, -0.25) is 0 Å². The summed E-state index contributed by atoms with van der Waals surface area (Å²) in [5.41, 5.74) is 5.64. The van der Waals surface area contributed by atoms with Gasteiger partial charge in [0.05, 0.1) is 5.75 Å². The van der Waals surface area contributed by atoms with Gasteiger partial charge in [-0.05, 0) is 38.3 Å². The number of sulfonamides is 1. The van der Waals surface area contributed by atoms with E-state index in [1.807, 2.05) is 0 Å². The van der Waals surface area contributed by atoms with Crippen LogP contribution in [-0.2, 0) is 10.0 Å². The standard InChI is InChI=1S/C9H21N3O2S/c10-7-8-3-1-4-9(8)12-5-2-6-15(11,13)14/h8-9,12H,1-7,10H2,(H2,11,13,14). The molecule has 1 aliphatic carbocycles. The largest absolute Gasteiger partial charge is 0.330 e. The second kappa shape index (κ2) is 5.79. The van der Waals surface area contributed by atoms with Crippen LogP contribution in [0.2, 0.25) is 0 Å². The maximum absolute atomic E-state index is 10.7. The topological polar surface area (TPSA) is 98.2 Å². The van der Waals surface area contributed by atoms with Gasteiger partial charge in [-0.15, -0.1) is 0 Å². The van der Waals surface area contributed by atoms with E-state index in [4.69, 9.17) is 10.9 Å². The Morgan fingerprint density at radius 2 is 2.07 bits per heavy atom. The van der Waals surface area contributed by atoms with Crippen LogP contribution in [0.15, 0.2) is 0 Å². The predicted molar refractivity (Wildman–Crippen MR) is 60.8 cm³/mol. The van der Waals surface area contributed by atoms with E-state index in [1.54, 1.807) is 0 Å². The maximum Gasteiger partial charge on any atom is 0.209 e. The van der Waals surface area contributed by atoms with E-state index in [2.05, 4.69) is 5.32 Å². The fourth-order valence-electron chi connectivity index (χ4n) is 2.15. The molecule has 15 heavy (non-hydrogen) atoms. The molecule has 5 nitrogen and oxygen atoms in total. The van der Waals surface area contributed by atoms with Crippen molar-refractivity contribution in [2.75, 3.05) is 18.8 Å². The van der Waals surface area contributed by atoms with E-state index in [-0.39, 0.29) is 5.75 Å². The van der Waals surface area contributed by atoms with Gasteiger partial charge in [0.15, 0.2) is 0 Å². The van der Waals surface area contributed by atoms with Crippen molar-refractivity contribution < 1.29 is 8.42 Å². The number of hydrogen-bond donors (Lipinski definition) is 3. The first-order chi connectivity index (χ1) is 7.03. The highest BCUT2D eigenvalue weighted by atomic mass is 32.2. The van der Waals surface area contributed by atoms with Crippen LogP contribution in [0.1, 0.15) is 25.7 Å². The number of primary sulfonamides is 1. The average molecular weight is 235 g/mol. The lowest BCUT2D eigenvalue weighted by molar-refractivity contribution is 0.408. The molecule has 5 N–H and O–H groups in total. The first-order valence-corrected chi connectivity index (χ1v) is 7.18. The van der Waals surface area contributed by atoms with Crippen molar-refractivity contribution in [3.8, 4) is 0 Å². The summed E-state index contributed by atoms with van der Waals surface area (Å²) in [4.78, 5) is 0. The van der Waals surface area contributed by atoms with Crippen LogP contribution in [0.5, 0.6) is 0 Å². The molecule has 2 unspecified atom stereocenters. The molecule has 0 aromatic carbocycles. The lowest BCUT2D eigenvalue weighted by Crippen LogP contribution is -2.37. The molecule has 0 aromatic heterocycles. The molecule has 6 heteroatoms. The van der Waals surface area contributed by atoms with E-state index in [1.165, 1.54) is 12.8 Å². The van der Waals surface area contributed by atoms with Crippen LogP contribution in [0.25, 0.3) is 0 Å². The summed E-state index contributed by atoms with van der Waals surface area (Å²) in [6.07, 6.45) is 4.13. The molecule has 0 radical (unpaired) electrons. The molecule has 90 valence electrons. The van der Waals surface area contributed by atoms with Crippen LogP contribution < -0.4 is 16.2 Å². The summed E-state index contributed by atoms with van der Waals surface area (Å²) >= 11 is 0. The van der Waals surface area contributed by atoms with Gasteiger partial charge in [0.1, 0.15) is 0 Å². The number of rotatable bonds is 6. The van der Waals surface area contributed by atoms with E-state index < -0.39 is 10.0 Å². The second-order valence-corrected chi connectivity index (χ2v) is 5.94. The molecule has 0 amide bonds. The summed E-state index contributed by atoms with van der Waals surface area (Å²) in [6.45, 7) is 1.42. The molecule has 0 bridgehead atoms. The van der Waals surface area contributed by atoms with Crippen molar-refractivity contribution in [3.63, 3.8) is 0 Å². The van der Waals surface area contributed by atoms with Crippen LogP contribution in [0, 0.1) is 5.92 Å².